The number of guanidine groups is 1. The monoisotopic (exact) mass is 1120 g/mol. The number of benzene rings is 2. The summed E-state index contributed by atoms with van der Waals surface area (Å²) >= 11 is 0. The van der Waals surface area contributed by atoms with E-state index in [1.807, 2.05) is 0 Å². The average molecular weight is 1120 g/mol. The van der Waals surface area contributed by atoms with Crippen LogP contribution < -0.4 is 71.2 Å². The minimum Gasteiger partial charge on any atom is -0.508 e. The zero-order chi connectivity index (χ0) is 59.5. The Morgan fingerprint density at radius 2 is 0.810 bits per heavy atom. The van der Waals surface area contributed by atoms with E-state index in [0.717, 1.165) is 6.92 Å². The number of nitrogens with one attached hydrogen (secondary N) is 8. The first-order valence-electron chi connectivity index (χ1n) is 24.3. The lowest BCUT2D eigenvalue weighted by atomic mass is 10.0. The van der Waals surface area contributed by atoms with Gasteiger partial charge in [0.25, 0.3) is 0 Å². The molecule has 0 aliphatic rings. The molecular formula is C47H70N14O18. The summed E-state index contributed by atoms with van der Waals surface area (Å²) in [6.07, 6.45) is -3.96. The summed E-state index contributed by atoms with van der Waals surface area (Å²) < 4.78 is 0. The number of aromatic hydroxyl groups is 2. The van der Waals surface area contributed by atoms with Gasteiger partial charge in [-0.25, -0.2) is 4.79 Å². The minimum absolute atomic E-state index is 0.0240. The Balaban J connectivity index is 2.40. The number of phenols is 2. The second-order valence-corrected chi connectivity index (χ2v) is 17.8. The summed E-state index contributed by atoms with van der Waals surface area (Å²) in [5.74, 6) is -13.2. The molecule has 0 aliphatic heterocycles. The van der Waals surface area contributed by atoms with Gasteiger partial charge >= 0.3 is 5.97 Å². The minimum atomic E-state index is -1.96. The summed E-state index contributed by atoms with van der Waals surface area (Å²) in [5, 5.41) is 87.9. The van der Waals surface area contributed by atoms with Crippen LogP contribution in [0.25, 0.3) is 0 Å². The Morgan fingerprint density at radius 1 is 0.481 bits per heavy atom. The zero-order valence-corrected chi connectivity index (χ0v) is 42.8. The molecule has 0 spiro atoms. The molecule has 2 aromatic carbocycles. The number of aliphatic hydroxyl groups is 4. The van der Waals surface area contributed by atoms with Gasteiger partial charge in [-0.3, -0.25) is 52.9 Å². The van der Waals surface area contributed by atoms with Gasteiger partial charge in [0.2, 0.25) is 59.1 Å². The fourth-order valence-corrected chi connectivity index (χ4v) is 7.05. The highest BCUT2D eigenvalue weighted by atomic mass is 16.4. The number of amides is 10. The maximum atomic E-state index is 13.9. The van der Waals surface area contributed by atoms with Crippen molar-refractivity contribution < 1.29 is 88.5 Å². The zero-order valence-electron chi connectivity index (χ0n) is 42.8. The fraction of sp³-hybridized carbons (Fsp3) is 0.489. The van der Waals surface area contributed by atoms with Gasteiger partial charge in [0.15, 0.2) is 12.0 Å². The van der Waals surface area contributed by atoms with Crippen molar-refractivity contribution in [2.45, 2.75) is 119 Å². The van der Waals surface area contributed by atoms with E-state index in [2.05, 4.69) is 47.5 Å². The molecule has 10 atom stereocenters. The van der Waals surface area contributed by atoms with Gasteiger partial charge in [0.05, 0.1) is 32.0 Å². The van der Waals surface area contributed by atoms with Crippen molar-refractivity contribution in [2.75, 3.05) is 26.4 Å². The SMILES string of the molecule is C[C@@H](O)[C@H](NC(=O)[C@H](CCCN=C(N)N)NC(=O)[C@H](CO)NC(=O)[C@H](Cc1ccc(O)cc1)NC(=O)[C@H](CO)NC(=O)[C@H](CO)NC(=O)[C@H](Cc1ccc(O)cc1)NC(=O)[C@H](CCC(N)=O)NC(=O)[C@@H](N)CCC(N)=O)C(=O)O. The Labute approximate surface area is 451 Å². The summed E-state index contributed by atoms with van der Waals surface area (Å²) in [6.45, 7) is -2.46. The largest absolute Gasteiger partial charge is 0.508 e. The quantitative estimate of drug-likeness (QED) is 0.0173. The number of hydrogen-bond donors (Lipinski definition) is 20. The second kappa shape index (κ2) is 33.4. The summed E-state index contributed by atoms with van der Waals surface area (Å²) in [6, 6.07) is -5.06. The van der Waals surface area contributed by atoms with Crippen LogP contribution in [0, 0.1) is 0 Å². The molecular weight excluding hydrogens is 1050 g/mol. The van der Waals surface area contributed by atoms with Crippen molar-refractivity contribution in [1.82, 2.24) is 42.5 Å². The number of rotatable bonds is 35. The number of primary amides is 2. The molecule has 0 bridgehead atoms. The van der Waals surface area contributed by atoms with Gasteiger partial charge in [-0.15, -0.1) is 0 Å². The Morgan fingerprint density at radius 3 is 1.18 bits per heavy atom. The van der Waals surface area contributed by atoms with Gasteiger partial charge in [-0.1, -0.05) is 24.3 Å². The van der Waals surface area contributed by atoms with E-state index in [4.69, 9.17) is 28.7 Å². The Bertz CT molecular complexity index is 2460. The smallest absolute Gasteiger partial charge is 0.328 e. The van der Waals surface area contributed by atoms with Gasteiger partial charge in [-0.2, -0.15) is 0 Å². The summed E-state index contributed by atoms with van der Waals surface area (Å²) in [5.41, 5.74) is 27.6. The van der Waals surface area contributed by atoms with Crippen LogP contribution in [0.3, 0.4) is 0 Å². The molecule has 0 radical (unpaired) electrons. The number of aliphatic imine (C=N–C) groups is 1. The number of aliphatic carboxylic acids is 1. The molecule has 0 fully saturated rings. The normalized spacial score (nSPS) is 14.7. The molecule has 79 heavy (non-hydrogen) atoms. The molecule has 2 aromatic rings. The first-order chi connectivity index (χ1) is 37.2. The highest BCUT2D eigenvalue weighted by Gasteiger charge is 2.36. The predicted octanol–water partition coefficient (Wildman–Crippen LogP) is -8.88. The first kappa shape index (κ1) is 66.4. The van der Waals surface area contributed by atoms with E-state index in [9.17, 15) is 88.5 Å². The molecule has 0 heterocycles. The Kier molecular flexibility index (Phi) is 28.1. The van der Waals surface area contributed by atoms with Crippen LogP contribution in [0.15, 0.2) is 53.5 Å². The van der Waals surface area contributed by atoms with Crippen molar-refractivity contribution in [1.29, 1.82) is 0 Å². The molecule has 2 rings (SSSR count). The van der Waals surface area contributed by atoms with E-state index < -0.39 is 165 Å². The number of carboxylic acid groups (broad SMARTS) is 1. The summed E-state index contributed by atoms with van der Waals surface area (Å²) in [4.78, 5) is 147. The van der Waals surface area contributed by atoms with Crippen LogP contribution in [-0.4, -0.2) is 194 Å². The van der Waals surface area contributed by atoms with Gasteiger partial charge < -0.3 is 107 Å². The van der Waals surface area contributed by atoms with Crippen LogP contribution in [0.5, 0.6) is 11.5 Å². The standard InChI is InChI=1S/C47H70N14O18/c1-22(65)37(46(78)79)61-40(72)28(3-2-16-53-47(51)52)55-43(75)32(19-62)58-42(74)31(18-24-6-10-26(67)11-7-24)57-44(76)33(20-63)60-45(77)34(21-64)59-41(73)30(17-23-4-8-25(66)9-5-23)56-39(71)29(13-15-36(50)69)54-38(70)27(48)12-14-35(49)68/h4-11,22,27-34,37,62-67H,2-3,12-21,48H2,1H3,(H2,49,68)(H2,50,69)(H,54,70)(H,55,75)(H,56,71)(H,57,76)(H,58,74)(H,59,73)(H,60,77)(H,61,72)(H,78,79)(H4,51,52,53)/t22-,27+,28+,29+,30+,31+,32+,33+,34+,37+/m1/s1. The van der Waals surface area contributed by atoms with E-state index >= 15 is 0 Å². The van der Waals surface area contributed by atoms with E-state index in [1.165, 1.54) is 48.5 Å². The molecule has 25 N–H and O–H groups in total. The lowest BCUT2D eigenvalue weighted by Crippen LogP contribution is -2.62. The molecule has 32 heteroatoms. The number of carboxylic acids is 1. The number of hydrogen-bond acceptors (Lipinski definition) is 19. The van der Waals surface area contributed by atoms with E-state index in [1.54, 1.807) is 0 Å². The van der Waals surface area contributed by atoms with Crippen molar-refractivity contribution >= 4 is 71.0 Å². The fourth-order valence-electron chi connectivity index (χ4n) is 7.05. The highest BCUT2D eigenvalue weighted by Crippen LogP contribution is 2.14. The third kappa shape index (κ3) is 24.0. The molecule has 0 saturated heterocycles. The Hall–Kier alpha value is -8.72. The number of aliphatic hydroxyl groups excluding tert-OH is 4. The lowest BCUT2D eigenvalue weighted by molar-refractivity contribution is -0.145. The van der Waals surface area contributed by atoms with Crippen molar-refractivity contribution in [2.24, 2.45) is 33.7 Å². The van der Waals surface area contributed by atoms with Gasteiger partial charge in [0, 0.05) is 32.2 Å². The average Bonchev–Trinajstić information content (AvgIpc) is 3.39. The molecule has 0 aliphatic carbocycles. The van der Waals surface area contributed by atoms with Crippen LogP contribution in [-0.2, 0) is 65.6 Å². The molecule has 0 unspecified atom stereocenters. The number of phenolic OH excluding ortho intramolecular Hbond substituents is 2. The number of nitrogens with two attached hydrogens (primary N) is 5. The summed E-state index contributed by atoms with van der Waals surface area (Å²) in [7, 11) is 0. The van der Waals surface area contributed by atoms with Crippen LogP contribution in [0.1, 0.15) is 56.6 Å². The molecule has 0 aromatic heterocycles. The third-order valence-corrected chi connectivity index (χ3v) is 11.4. The molecule has 10 amide bonds. The lowest BCUT2D eigenvalue weighted by Gasteiger charge is -2.27. The van der Waals surface area contributed by atoms with E-state index in [0.29, 0.717) is 5.56 Å². The van der Waals surface area contributed by atoms with Gasteiger partial charge in [-0.05, 0) is 68.0 Å². The van der Waals surface area contributed by atoms with Crippen LogP contribution in [0.4, 0.5) is 0 Å². The van der Waals surface area contributed by atoms with Crippen molar-refractivity contribution in [3.05, 3.63) is 59.7 Å². The van der Waals surface area contributed by atoms with Gasteiger partial charge in [0.1, 0.15) is 53.8 Å². The van der Waals surface area contributed by atoms with Crippen molar-refractivity contribution in [3.63, 3.8) is 0 Å². The molecule has 32 nitrogen and oxygen atoms in total. The third-order valence-electron chi connectivity index (χ3n) is 11.4. The molecule has 436 valence electrons. The number of carbonyl (C=O) groups excluding carboxylic acids is 10. The maximum Gasteiger partial charge on any atom is 0.328 e. The molecule has 0 saturated carbocycles. The van der Waals surface area contributed by atoms with Crippen molar-refractivity contribution in [3.8, 4) is 11.5 Å². The highest BCUT2D eigenvalue weighted by molar-refractivity contribution is 5.98. The second-order valence-electron chi connectivity index (χ2n) is 17.8. The predicted molar refractivity (Wildman–Crippen MR) is 274 cm³/mol. The van der Waals surface area contributed by atoms with E-state index in [-0.39, 0.29) is 61.7 Å². The van der Waals surface area contributed by atoms with Crippen LogP contribution in [0.2, 0.25) is 0 Å². The number of carbonyl (C=O) groups is 11. The first-order valence-corrected chi connectivity index (χ1v) is 24.3. The maximum absolute atomic E-state index is 13.9. The van der Waals surface area contributed by atoms with Crippen LogP contribution >= 0.6 is 0 Å². The topological polar surface area (TPSA) is 568 Å². The number of nitrogens with zero attached hydrogens (tertiary/aromatic N) is 1.